The first-order valence-electron chi connectivity index (χ1n) is 6.69. The van der Waals surface area contributed by atoms with Crippen molar-refractivity contribution in [3.63, 3.8) is 0 Å². The van der Waals surface area contributed by atoms with E-state index < -0.39 is 17.6 Å². The van der Waals surface area contributed by atoms with E-state index in [1.165, 1.54) is 35.6 Å². The predicted molar refractivity (Wildman–Crippen MR) is 91.7 cm³/mol. The topological polar surface area (TPSA) is 49.4 Å². The third-order valence-corrected chi connectivity index (χ3v) is 4.45. The fourth-order valence-electron chi connectivity index (χ4n) is 2.18. The molecule has 0 saturated carbocycles. The van der Waals surface area contributed by atoms with Crippen molar-refractivity contribution in [3.05, 3.63) is 57.5 Å². The van der Waals surface area contributed by atoms with Crippen LogP contribution < -0.4 is 10.2 Å². The number of halogens is 1. The fraction of sp³-hybridized carbons (Fsp3) is 0.0625. The summed E-state index contributed by atoms with van der Waals surface area (Å²) in [6.45, 7) is 1.93. The smallest absolute Gasteiger partial charge is 0.270 e. The molecule has 1 aromatic carbocycles. The molecule has 0 aliphatic carbocycles. The number of nitrogens with zero attached hydrogens (tertiary/aromatic N) is 1. The quantitative estimate of drug-likeness (QED) is 0.517. The third kappa shape index (κ3) is 3.06. The van der Waals surface area contributed by atoms with E-state index >= 15 is 0 Å². The van der Waals surface area contributed by atoms with Crippen LogP contribution in [0.4, 0.5) is 10.1 Å². The van der Waals surface area contributed by atoms with E-state index in [-0.39, 0.29) is 16.4 Å². The van der Waals surface area contributed by atoms with Crippen LogP contribution in [0.2, 0.25) is 0 Å². The fourth-order valence-corrected chi connectivity index (χ4v) is 3.28. The van der Waals surface area contributed by atoms with Crippen LogP contribution in [0, 0.1) is 12.7 Å². The van der Waals surface area contributed by atoms with Gasteiger partial charge < -0.3 is 0 Å². The monoisotopic (exact) mass is 346 g/mol. The van der Waals surface area contributed by atoms with Crippen molar-refractivity contribution in [1.82, 2.24) is 5.32 Å². The molecule has 2 amide bonds. The summed E-state index contributed by atoms with van der Waals surface area (Å²) in [5, 5.41) is 2.40. The average molecular weight is 346 g/mol. The van der Waals surface area contributed by atoms with E-state index in [1.807, 2.05) is 19.1 Å². The number of thiophene rings is 1. The van der Waals surface area contributed by atoms with E-state index in [4.69, 9.17) is 12.2 Å². The Hall–Kier alpha value is -2.38. The average Bonchev–Trinajstić information content (AvgIpc) is 2.89. The molecule has 1 fully saturated rings. The third-order valence-electron chi connectivity index (χ3n) is 3.22. The van der Waals surface area contributed by atoms with Crippen LogP contribution in [0.3, 0.4) is 0 Å². The number of aryl methyl sites for hydroxylation is 1. The molecular weight excluding hydrogens is 335 g/mol. The Morgan fingerprint density at radius 2 is 2.04 bits per heavy atom. The molecule has 7 heteroatoms. The molecule has 2 aromatic rings. The zero-order valence-electron chi connectivity index (χ0n) is 12.0. The molecule has 0 unspecified atom stereocenters. The predicted octanol–water partition coefficient (Wildman–Crippen LogP) is 3.03. The number of carbonyl (C=O) groups is 2. The molecular formula is C16H11FN2O2S2. The zero-order valence-corrected chi connectivity index (χ0v) is 13.6. The molecule has 2 heterocycles. The van der Waals surface area contributed by atoms with Crippen molar-refractivity contribution in [2.75, 3.05) is 4.90 Å². The molecule has 1 aliphatic heterocycles. The summed E-state index contributed by atoms with van der Waals surface area (Å²) in [5.74, 6) is -1.62. The Bertz CT molecular complexity index is 857. The molecule has 23 heavy (non-hydrogen) atoms. The standard InChI is InChI=1S/C16H11FN2O2S2/c1-9-5-6-12(23-9)8-13-14(20)18-16(22)19(15(13)21)11-4-2-3-10(17)7-11/h2-8H,1H3,(H,18,20,22)/b13-8+. The number of hydrogen-bond donors (Lipinski definition) is 1. The SMILES string of the molecule is Cc1ccc(/C=C2\C(=O)NC(=S)N(c3cccc(F)c3)C2=O)s1. The van der Waals surface area contributed by atoms with Gasteiger partial charge in [0, 0.05) is 9.75 Å². The van der Waals surface area contributed by atoms with Crippen LogP contribution in [0.15, 0.2) is 42.0 Å². The van der Waals surface area contributed by atoms with Crippen LogP contribution in [-0.2, 0) is 9.59 Å². The van der Waals surface area contributed by atoms with Crippen LogP contribution in [0.5, 0.6) is 0 Å². The Kier molecular flexibility index (Phi) is 4.06. The minimum atomic E-state index is -0.574. The van der Waals surface area contributed by atoms with Crippen molar-refractivity contribution < 1.29 is 14.0 Å². The summed E-state index contributed by atoms with van der Waals surface area (Å²) < 4.78 is 13.4. The normalized spacial score (nSPS) is 16.9. The highest BCUT2D eigenvalue weighted by atomic mass is 32.1. The van der Waals surface area contributed by atoms with E-state index in [0.717, 1.165) is 14.7 Å². The molecule has 0 spiro atoms. The van der Waals surface area contributed by atoms with Crippen LogP contribution in [0.1, 0.15) is 9.75 Å². The van der Waals surface area contributed by atoms with Crippen LogP contribution in [0.25, 0.3) is 6.08 Å². The highest BCUT2D eigenvalue weighted by Crippen LogP contribution is 2.24. The lowest BCUT2D eigenvalue weighted by molar-refractivity contribution is -0.122. The Morgan fingerprint density at radius 1 is 1.26 bits per heavy atom. The molecule has 4 nitrogen and oxygen atoms in total. The minimum Gasteiger partial charge on any atom is -0.298 e. The Morgan fingerprint density at radius 3 is 2.70 bits per heavy atom. The molecule has 3 rings (SSSR count). The lowest BCUT2D eigenvalue weighted by Crippen LogP contribution is -2.54. The Balaban J connectivity index is 2.02. The number of rotatable bonds is 2. The van der Waals surface area contributed by atoms with Gasteiger partial charge in [-0.1, -0.05) is 6.07 Å². The van der Waals surface area contributed by atoms with Gasteiger partial charge in [-0.05, 0) is 55.5 Å². The molecule has 1 aromatic heterocycles. The minimum absolute atomic E-state index is 0.0373. The van der Waals surface area contributed by atoms with Gasteiger partial charge in [0.25, 0.3) is 11.8 Å². The molecule has 1 aliphatic rings. The largest absolute Gasteiger partial charge is 0.298 e. The number of hydrogen-bond acceptors (Lipinski definition) is 4. The number of carbonyl (C=O) groups excluding carboxylic acids is 2. The van der Waals surface area contributed by atoms with E-state index in [0.29, 0.717) is 0 Å². The van der Waals surface area contributed by atoms with E-state index in [2.05, 4.69) is 5.32 Å². The van der Waals surface area contributed by atoms with Gasteiger partial charge in [0.2, 0.25) is 0 Å². The van der Waals surface area contributed by atoms with Gasteiger partial charge in [0.05, 0.1) is 5.69 Å². The maximum Gasteiger partial charge on any atom is 0.270 e. The second-order valence-corrected chi connectivity index (χ2v) is 6.59. The second-order valence-electron chi connectivity index (χ2n) is 4.89. The summed E-state index contributed by atoms with van der Waals surface area (Å²) in [4.78, 5) is 27.7. The van der Waals surface area contributed by atoms with Gasteiger partial charge in [-0.2, -0.15) is 0 Å². The van der Waals surface area contributed by atoms with Crippen LogP contribution >= 0.6 is 23.6 Å². The number of nitrogens with one attached hydrogen (secondary N) is 1. The lowest BCUT2D eigenvalue weighted by Gasteiger charge is -2.28. The molecule has 1 saturated heterocycles. The number of benzene rings is 1. The molecule has 0 atom stereocenters. The van der Waals surface area contributed by atoms with Crippen molar-refractivity contribution in [2.45, 2.75) is 6.92 Å². The molecule has 1 N–H and O–H groups in total. The maximum atomic E-state index is 13.4. The first kappa shape index (κ1) is 15.5. The van der Waals surface area contributed by atoms with Crippen molar-refractivity contribution in [3.8, 4) is 0 Å². The first-order chi connectivity index (χ1) is 11.0. The summed E-state index contributed by atoms with van der Waals surface area (Å²) in [7, 11) is 0. The number of thiocarbonyl (C=S) groups is 1. The van der Waals surface area contributed by atoms with Gasteiger partial charge >= 0.3 is 0 Å². The second kappa shape index (κ2) is 6.02. The highest BCUT2D eigenvalue weighted by Gasteiger charge is 2.34. The summed E-state index contributed by atoms with van der Waals surface area (Å²) in [5.41, 5.74) is 0.234. The van der Waals surface area contributed by atoms with Crippen molar-refractivity contribution in [2.24, 2.45) is 0 Å². The van der Waals surface area contributed by atoms with Crippen LogP contribution in [-0.4, -0.2) is 16.9 Å². The first-order valence-corrected chi connectivity index (χ1v) is 7.91. The van der Waals surface area contributed by atoms with Gasteiger partial charge in [0.15, 0.2) is 5.11 Å². The summed E-state index contributed by atoms with van der Waals surface area (Å²) in [6.07, 6.45) is 1.52. The summed E-state index contributed by atoms with van der Waals surface area (Å²) >= 11 is 6.52. The summed E-state index contributed by atoms with van der Waals surface area (Å²) in [6, 6.07) is 9.21. The Labute approximate surface area is 141 Å². The number of amides is 2. The maximum absolute atomic E-state index is 13.4. The highest BCUT2D eigenvalue weighted by molar-refractivity contribution is 7.80. The van der Waals surface area contributed by atoms with Gasteiger partial charge in [0.1, 0.15) is 11.4 Å². The van der Waals surface area contributed by atoms with Crippen molar-refractivity contribution >= 4 is 52.2 Å². The molecule has 116 valence electrons. The van der Waals surface area contributed by atoms with Crippen molar-refractivity contribution in [1.29, 1.82) is 0 Å². The van der Waals surface area contributed by atoms with Gasteiger partial charge in [-0.3, -0.25) is 19.8 Å². The lowest BCUT2D eigenvalue weighted by atomic mass is 10.1. The molecule has 0 bridgehead atoms. The van der Waals surface area contributed by atoms with Gasteiger partial charge in [-0.25, -0.2) is 4.39 Å². The molecule has 0 radical (unpaired) electrons. The van der Waals surface area contributed by atoms with E-state index in [9.17, 15) is 14.0 Å². The van der Waals surface area contributed by atoms with Gasteiger partial charge in [-0.15, -0.1) is 11.3 Å². The van der Waals surface area contributed by atoms with E-state index in [1.54, 1.807) is 6.07 Å². The number of anilines is 1. The zero-order chi connectivity index (χ0) is 16.6.